The summed E-state index contributed by atoms with van der Waals surface area (Å²) in [5, 5.41) is 4.35. The Morgan fingerprint density at radius 3 is 1.91 bits per heavy atom. The lowest BCUT2D eigenvalue weighted by Crippen LogP contribution is -2.17. The summed E-state index contributed by atoms with van der Waals surface area (Å²) in [6.45, 7) is 0. The number of rotatable bonds is 5. The highest BCUT2D eigenvalue weighted by Crippen LogP contribution is 2.36. The van der Waals surface area contributed by atoms with Gasteiger partial charge >= 0.3 is 6.18 Å². The molecule has 6 nitrogen and oxygen atoms in total. The van der Waals surface area contributed by atoms with Gasteiger partial charge in [0.05, 0.1) is 21.6 Å². The van der Waals surface area contributed by atoms with E-state index in [1.54, 1.807) is 0 Å². The van der Waals surface area contributed by atoms with Crippen molar-refractivity contribution < 1.29 is 30.0 Å². The van der Waals surface area contributed by atoms with Gasteiger partial charge in [-0.05, 0) is 54.6 Å². The molecule has 1 heterocycles. The van der Waals surface area contributed by atoms with Crippen LogP contribution in [0.25, 0.3) is 11.3 Å². The molecule has 0 amide bonds. The molecule has 0 spiro atoms. The summed E-state index contributed by atoms with van der Waals surface area (Å²) < 4.78 is 93.6. The number of alkyl halides is 3. The van der Waals surface area contributed by atoms with Gasteiger partial charge < -0.3 is 0 Å². The Morgan fingerprint density at radius 2 is 1.34 bits per heavy atom. The second-order valence-corrected chi connectivity index (χ2v) is 11.8. The zero-order valence-electron chi connectivity index (χ0n) is 17.2. The Hall–Kier alpha value is -2.86. The number of benzene rings is 3. The van der Waals surface area contributed by atoms with Crippen molar-refractivity contribution in [3.05, 3.63) is 94.6 Å². The fraction of sp³-hybridized carbons (Fsp3) is 0.0455. The first-order valence-corrected chi connectivity index (χ1v) is 13.3. The van der Waals surface area contributed by atoms with E-state index in [9.17, 15) is 30.0 Å². The van der Waals surface area contributed by atoms with Crippen LogP contribution in [-0.2, 0) is 26.0 Å². The maximum atomic E-state index is 13.4. The lowest BCUT2D eigenvalue weighted by molar-refractivity contribution is -0.137. The molecule has 0 fully saturated rings. The van der Waals surface area contributed by atoms with Gasteiger partial charge in [0, 0.05) is 15.6 Å². The van der Waals surface area contributed by atoms with Gasteiger partial charge in [0.1, 0.15) is 10.6 Å². The Kier molecular flexibility index (Phi) is 6.47. The molecule has 0 atom stereocenters. The van der Waals surface area contributed by atoms with E-state index in [1.807, 2.05) is 0 Å². The molecular weight excluding hydrogens is 548 g/mol. The molecule has 0 aliphatic rings. The molecule has 0 saturated carbocycles. The summed E-state index contributed by atoms with van der Waals surface area (Å²) >= 11 is 11.8. The largest absolute Gasteiger partial charge is 0.416 e. The molecule has 0 aliphatic heterocycles. The van der Waals surface area contributed by atoms with Crippen LogP contribution in [0.3, 0.4) is 0 Å². The second kappa shape index (κ2) is 8.98. The van der Waals surface area contributed by atoms with Crippen LogP contribution in [-0.4, -0.2) is 26.0 Å². The molecule has 0 bridgehead atoms. The predicted octanol–water partition coefficient (Wildman–Crippen LogP) is 5.95. The first-order valence-electron chi connectivity index (χ1n) is 9.59. The molecule has 0 aliphatic carbocycles. The van der Waals surface area contributed by atoms with E-state index < -0.39 is 41.4 Å². The predicted molar refractivity (Wildman–Crippen MR) is 124 cm³/mol. The van der Waals surface area contributed by atoms with Crippen molar-refractivity contribution >= 4 is 43.1 Å². The van der Waals surface area contributed by atoms with Crippen molar-refractivity contribution in [2.45, 2.75) is 20.9 Å². The minimum Gasteiger partial charge on any atom is -0.218 e. The quantitative estimate of drug-likeness (QED) is 0.301. The average molecular weight is 561 g/mol. The second-order valence-electron chi connectivity index (χ2n) is 7.20. The van der Waals surface area contributed by atoms with Gasteiger partial charge in [-0.25, -0.2) is 8.42 Å². The average Bonchev–Trinajstić information content (AvgIpc) is 3.26. The first-order chi connectivity index (χ1) is 16.3. The highest BCUT2D eigenvalue weighted by molar-refractivity contribution is 7.92. The molecule has 4 rings (SSSR count). The van der Waals surface area contributed by atoms with Crippen LogP contribution in [0, 0.1) is 0 Å². The van der Waals surface area contributed by atoms with Gasteiger partial charge in [0.2, 0.25) is 9.84 Å². The van der Waals surface area contributed by atoms with E-state index in [2.05, 4.69) is 5.10 Å². The third kappa shape index (κ3) is 4.81. The zero-order chi connectivity index (χ0) is 25.6. The normalized spacial score (nSPS) is 12.6. The summed E-state index contributed by atoms with van der Waals surface area (Å²) in [6, 6.07) is 13.8. The summed E-state index contributed by atoms with van der Waals surface area (Å²) in [6.07, 6.45) is -3.96. The van der Waals surface area contributed by atoms with Crippen molar-refractivity contribution in [2.24, 2.45) is 0 Å². The summed E-state index contributed by atoms with van der Waals surface area (Å²) in [7, 11) is -9.07. The summed E-state index contributed by atoms with van der Waals surface area (Å²) in [5.41, 5.74) is -1.45. The molecule has 1 aromatic heterocycles. The Morgan fingerprint density at radius 1 is 0.771 bits per heavy atom. The topological polar surface area (TPSA) is 86.1 Å². The Balaban J connectivity index is 1.98. The van der Waals surface area contributed by atoms with Gasteiger partial charge in [-0.2, -0.15) is 30.8 Å². The van der Waals surface area contributed by atoms with Gasteiger partial charge in [0.15, 0.2) is 0 Å². The molecule has 0 unspecified atom stereocenters. The third-order valence-electron chi connectivity index (χ3n) is 4.92. The SMILES string of the molecule is O=S(=O)(c1ccc(Cl)cc1)c1cnn(S(=O)(=O)c2cccc(C(F)(F)F)c2)c1-c1ccc(Cl)cc1. The molecule has 0 N–H and O–H groups in total. The van der Waals surface area contributed by atoms with Crippen molar-refractivity contribution in [1.82, 2.24) is 9.19 Å². The number of sulfone groups is 1. The zero-order valence-corrected chi connectivity index (χ0v) is 20.4. The lowest BCUT2D eigenvalue weighted by atomic mass is 10.2. The highest BCUT2D eigenvalue weighted by atomic mass is 35.5. The number of hydrogen-bond donors (Lipinski definition) is 0. The lowest BCUT2D eigenvalue weighted by Gasteiger charge is -2.13. The van der Waals surface area contributed by atoms with Gasteiger partial charge in [-0.1, -0.05) is 41.4 Å². The fourth-order valence-corrected chi connectivity index (χ4v) is 6.28. The number of nitrogens with zero attached hydrogens (tertiary/aromatic N) is 2. The van der Waals surface area contributed by atoms with Crippen molar-refractivity contribution in [1.29, 1.82) is 0 Å². The molecule has 4 aromatic rings. The summed E-state index contributed by atoms with van der Waals surface area (Å²) in [5.74, 6) is 0. The fourth-order valence-electron chi connectivity index (χ4n) is 3.23. The van der Waals surface area contributed by atoms with E-state index in [1.165, 1.54) is 48.5 Å². The van der Waals surface area contributed by atoms with Crippen LogP contribution in [0.4, 0.5) is 13.2 Å². The standard InChI is InChI=1S/C22H13Cl2F3N2O4S2/c23-16-6-4-14(5-7-16)21-20(34(30,31)18-10-8-17(24)9-11-18)13-28-29(21)35(32,33)19-3-1-2-15(12-19)22(25,26)27/h1-13H. The van der Waals surface area contributed by atoms with Crippen LogP contribution in [0.5, 0.6) is 0 Å². The Bertz CT molecular complexity index is 1620. The molecule has 13 heteroatoms. The van der Waals surface area contributed by atoms with E-state index in [4.69, 9.17) is 23.2 Å². The molecule has 35 heavy (non-hydrogen) atoms. The van der Waals surface area contributed by atoms with E-state index >= 15 is 0 Å². The molecule has 182 valence electrons. The van der Waals surface area contributed by atoms with Crippen molar-refractivity contribution in [2.75, 3.05) is 0 Å². The number of hydrogen-bond acceptors (Lipinski definition) is 5. The van der Waals surface area contributed by atoms with Gasteiger partial charge in [-0.15, -0.1) is 0 Å². The maximum Gasteiger partial charge on any atom is 0.416 e. The molecule has 0 saturated heterocycles. The third-order valence-corrected chi connectivity index (χ3v) is 8.78. The van der Waals surface area contributed by atoms with Crippen molar-refractivity contribution in [3.8, 4) is 11.3 Å². The summed E-state index contributed by atoms with van der Waals surface area (Å²) in [4.78, 5) is -1.38. The minimum atomic E-state index is -4.79. The minimum absolute atomic E-state index is 0.106. The van der Waals surface area contributed by atoms with E-state index in [0.29, 0.717) is 15.2 Å². The van der Waals surface area contributed by atoms with Crippen LogP contribution in [0.1, 0.15) is 5.56 Å². The van der Waals surface area contributed by atoms with Crippen LogP contribution in [0.15, 0.2) is 93.7 Å². The smallest absolute Gasteiger partial charge is 0.218 e. The monoisotopic (exact) mass is 560 g/mol. The van der Waals surface area contributed by atoms with E-state index in [0.717, 1.165) is 24.4 Å². The number of aromatic nitrogens is 2. The van der Waals surface area contributed by atoms with Crippen LogP contribution >= 0.6 is 23.2 Å². The Labute approximate surface area is 208 Å². The highest BCUT2D eigenvalue weighted by Gasteiger charge is 2.34. The van der Waals surface area contributed by atoms with Crippen LogP contribution in [0.2, 0.25) is 10.0 Å². The van der Waals surface area contributed by atoms with Gasteiger partial charge in [0.25, 0.3) is 10.0 Å². The van der Waals surface area contributed by atoms with E-state index in [-0.39, 0.29) is 21.2 Å². The van der Waals surface area contributed by atoms with Crippen molar-refractivity contribution in [3.63, 3.8) is 0 Å². The van der Waals surface area contributed by atoms with Gasteiger partial charge in [-0.3, -0.25) is 0 Å². The molecule has 0 radical (unpaired) electrons. The van der Waals surface area contributed by atoms with Crippen LogP contribution < -0.4 is 0 Å². The molecular formula is C22H13Cl2F3N2O4S2. The first kappa shape index (κ1) is 25.2. The molecule has 3 aromatic carbocycles. The number of halogens is 5. The maximum absolute atomic E-state index is 13.4.